The van der Waals surface area contributed by atoms with Gasteiger partial charge in [-0.05, 0) is 37.3 Å². The molecule has 0 aliphatic heterocycles. The van der Waals surface area contributed by atoms with Crippen LogP contribution >= 0.6 is 23.2 Å². The molecule has 4 rings (SSSR count). The van der Waals surface area contributed by atoms with Crippen molar-refractivity contribution in [3.05, 3.63) is 58.2 Å². The van der Waals surface area contributed by atoms with Crippen LogP contribution in [0.15, 0.2) is 41.1 Å². The molecule has 1 N–H and O–H groups in total. The van der Waals surface area contributed by atoms with Crippen LogP contribution in [0.2, 0.25) is 10.0 Å². The Balaban J connectivity index is 1.42. The first kappa shape index (κ1) is 19.2. The number of carbonyl (C=O) groups is 1. The Morgan fingerprint density at radius 2 is 2.14 bits per heavy atom. The first-order valence-corrected chi connectivity index (χ1v) is 9.24. The van der Waals surface area contributed by atoms with Gasteiger partial charge in [-0.3, -0.25) is 9.20 Å². The highest BCUT2D eigenvalue weighted by molar-refractivity contribution is 6.35. The third kappa shape index (κ3) is 4.15. The van der Waals surface area contributed by atoms with Crippen molar-refractivity contribution in [1.29, 1.82) is 0 Å². The predicted octanol–water partition coefficient (Wildman–Crippen LogP) is 3.09. The quantitative estimate of drug-likeness (QED) is 0.498. The predicted molar refractivity (Wildman–Crippen MR) is 105 cm³/mol. The highest BCUT2D eigenvalue weighted by Gasteiger charge is 2.15. The molecular formula is C18H14Cl2N6O3. The van der Waals surface area contributed by atoms with Crippen molar-refractivity contribution in [1.82, 2.24) is 30.1 Å². The fourth-order valence-electron chi connectivity index (χ4n) is 2.62. The summed E-state index contributed by atoms with van der Waals surface area (Å²) in [6.45, 7) is 1.69. The second-order valence-corrected chi connectivity index (χ2v) is 6.86. The number of aromatic nitrogens is 5. The normalized spacial score (nSPS) is 11.0. The SMILES string of the molecule is Cc1noc(-c2cccn3c(CNC(=O)COc4ccc(Cl)cc4Cl)nnc23)n1. The summed E-state index contributed by atoms with van der Waals surface area (Å²) in [5, 5.41) is 15.6. The Kier molecular flexibility index (Phi) is 5.32. The number of nitrogens with one attached hydrogen (secondary N) is 1. The average molecular weight is 433 g/mol. The van der Waals surface area contributed by atoms with Crippen LogP contribution in [0.5, 0.6) is 5.75 Å². The summed E-state index contributed by atoms with van der Waals surface area (Å²) >= 11 is 11.9. The lowest BCUT2D eigenvalue weighted by molar-refractivity contribution is -0.123. The number of amides is 1. The van der Waals surface area contributed by atoms with Gasteiger partial charge in [0.05, 0.1) is 17.1 Å². The van der Waals surface area contributed by atoms with E-state index in [0.29, 0.717) is 44.5 Å². The minimum absolute atomic E-state index is 0.157. The van der Waals surface area contributed by atoms with Gasteiger partial charge in [0.2, 0.25) is 0 Å². The summed E-state index contributed by atoms with van der Waals surface area (Å²) in [4.78, 5) is 16.3. The van der Waals surface area contributed by atoms with Crippen LogP contribution in [-0.4, -0.2) is 37.3 Å². The molecule has 11 heteroatoms. The number of nitrogens with zero attached hydrogens (tertiary/aromatic N) is 5. The fourth-order valence-corrected chi connectivity index (χ4v) is 3.09. The number of carbonyl (C=O) groups excluding carboxylic acids is 1. The van der Waals surface area contributed by atoms with Gasteiger partial charge in [-0.15, -0.1) is 10.2 Å². The smallest absolute Gasteiger partial charge is 0.261 e. The van der Waals surface area contributed by atoms with Crippen molar-refractivity contribution in [3.8, 4) is 17.2 Å². The van der Waals surface area contributed by atoms with E-state index in [0.717, 1.165) is 0 Å². The van der Waals surface area contributed by atoms with Crippen LogP contribution in [0.1, 0.15) is 11.6 Å². The summed E-state index contributed by atoms with van der Waals surface area (Å²) in [6, 6.07) is 8.39. The van der Waals surface area contributed by atoms with E-state index >= 15 is 0 Å². The van der Waals surface area contributed by atoms with Gasteiger partial charge in [-0.1, -0.05) is 28.4 Å². The topological polar surface area (TPSA) is 107 Å². The highest BCUT2D eigenvalue weighted by atomic mass is 35.5. The summed E-state index contributed by atoms with van der Waals surface area (Å²) in [7, 11) is 0. The maximum Gasteiger partial charge on any atom is 0.261 e. The number of ether oxygens (including phenoxy) is 1. The van der Waals surface area contributed by atoms with Crippen molar-refractivity contribution in [2.75, 3.05) is 6.61 Å². The Hall–Kier alpha value is -3.17. The number of pyridine rings is 1. The van der Waals surface area contributed by atoms with Crippen molar-refractivity contribution < 1.29 is 14.1 Å². The third-order valence-electron chi connectivity index (χ3n) is 3.96. The van der Waals surface area contributed by atoms with Gasteiger partial charge in [0.1, 0.15) is 5.75 Å². The summed E-state index contributed by atoms with van der Waals surface area (Å²) in [5.41, 5.74) is 1.20. The Labute approximate surface area is 174 Å². The maximum absolute atomic E-state index is 12.1. The summed E-state index contributed by atoms with van der Waals surface area (Å²) < 4.78 is 12.4. The molecule has 0 radical (unpaired) electrons. The van der Waals surface area contributed by atoms with Gasteiger partial charge in [0, 0.05) is 11.2 Å². The molecule has 0 fully saturated rings. The number of halogens is 2. The Morgan fingerprint density at radius 3 is 2.90 bits per heavy atom. The minimum atomic E-state index is -0.337. The van der Waals surface area contributed by atoms with Gasteiger partial charge >= 0.3 is 0 Å². The lowest BCUT2D eigenvalue weighted by Crippen LogP contribution is -2.29. The standard InChI is InChI=1S/C18H14Cl2N6O3/c1-10-22-18(29-25-10)12-3-2-6-26-15(23-24-17(12)26)8-21-16(27)9-28-14-5-4-11(19)7-13(14)20/h2-7H,8-9H2,1H3,(H,21,27). The molecule has 0 bridgehead atoms. The zero-order valence-electron chi connectivity index (χ0n) is 15.1. The van der Waals surface area contributed by atoms with Crippen molar-refractivity contribution >= 4 is 34.8 Å². The van der Waals surface area contributed by atoms with Crippen LogP contribution in [-0.2, 0) is 11.3 Å². The monoisotopic (exact) mass is 432 g/mol. The molecule has 0 unspecified atom stereocenters. The van der Waals surface area contributed by atoms with E-state index in [-0.39, 0.29) is 19.1 Å². The van der Waals surface area contributed by atoms with E-state index in [9.17, 15) is 4.79 Å². The van der Waals surface area contributed by atoms with E-state index in [1.165, 1.54) is 0 Å². The molecule has 3 heterocycles. The molecule has 0 saturated carbocycles. The number of benzene rings is 1. The molecule has 1 aromatic carbocycles. The van der Waals surface area contributed by atoms with Crippen LogP contribution in [0, 0.1) is 6.92 Å². The molecule has 0 aliphatic rings. The van der Waals surface area contributed by atoms with Gasteiger partial charge < -0.3 is 14.6 Å². The molecule has 9 nitrogen and oxygen atoms in total. The van der Waals surface area contributed by atoms with E-state index in [1.807, 2.05) is 12.1 Å². The fraction of sp³-hybridized carbons (Fsp3) is 0.167. The van der Waals surface area contributed by atoms with Gasteiger partial charge in [0.15, 0.2) is 23.9 Å². The molecule has 0 saturated heterocycles. The van der Waals surface area contributed by atoms with Crippen molar-refractivity contribution in [2.24, 2.45) is 0 Å². The van der Waals surface area contributed by atoms with Crippen molar-refractivity contribution in [2.45, 2.75) is 13.5 Å². The number of hydrogen-bond donors (Lipinski definition) is 1. The largest absolute Gasteiger partial charge is 0.482 e. The summed E-state index contributed by atoms with van der Waals surface area (Å²) in [5.74, 6) is 1.45. The Bertz CT molecular complexity index is 1190. The highest BCUT2D eigenvalue weighted by Crippen LogP contribution is 2.27. The first-order chi connectivity index (χ1) is 14.0. The van der Waals surface area contributed by atoms with E-state index in [4.69, 9.17) is 32.5 Å². The number of hydrogen-bond acceptors (Lipinski definition) is 7. The zero-order valence-corrected chi connectivity index (χ0v) is 16.6. The zero-order chi connectivity index (χ0) is 20.4. The van der Waals surface area contributed by atoms with Crippen LogP contribution < -0.4 is 10.1 Å². The van der Waals surface area contributed by atoms with Crippen LogP contribution in [0.4, 0.5) is 0 Å². The average Bonchev–Trinajstić information content (AvgIpc) is 3.31. The molecule has 1 amide bonds. The molecule has 0 atom stereocenters. The first-order valence-electron chi connectivity index (χ1n) is 8.49. The van der Waals surface area contributed by atoms with Crippen molar-refractivity contribution in [3.63, 3.8) is 0 Å². The molecule has 0 aliphatic carbocycles. The molecular weight excluding hydrogens is 419 g/mol. The van der Waals surface area contributed by atoms with E-state index < -0.39 is 0 Å². The lowest BCUT2D eigenvalue weighted by atomic mass is 10.2. The van der Waals surface area contributed by atoms with Crippen LogP contribution in [0.3, 0.4) is 0 Å². The van der Waals surface area contributed by atoms with Gasteiger partial charge in [-0.25, -0.2) is 0 Å². The lowest BCUT2D eigenvalue weighted by Gasteiger charge is -2.08. The third-order valence-corrected chi connectivity index (χ3v) is 4.49. The number of aryl methyl sites for hydroxylation is 1. The number of rotatable bonds is 6. The summed E-state index contributed by atoms with van der Waals surface area (Å²) in [6.07, 6.45) is 1.79. The molecule has 3 aromatic heterocycles. The maximum atomic E-state index is 12.1. The molecule has 29 heavy (non-hydrogen) atoms. The molecule has 4 aromatic rings. The van der Waals surface area contributed by atoms with E-state index in [2.05, 4.69) is 25.7 Å². The molecule has 0 spiro atoms. The second-order valence-electron chi connectivity index (χ2n) is 6.02. The number of fused-ring (bicyclic) bond motifs is 1. The second kappa shape index (κ2) is 8.06. The van der Waals surface area contributed by atoms with E-state index in [1.54, 1.807) is 35.7 Å². The van der Waals surface area contributed by atoms with Gasteiger partial charge in [0.25, 0.3) is 11.8 Å². The Morgan fingerprint density at radius 1 is 1.28 bits per heavy atom. The van der Waals surface area contributed by atoms with Gasteiger partial charge in [-0.2, -0.15) is 4.98 Å². The minimum Gasteiger partial charge on any atom is -0.482 e. The van der Waals surface area contributed by atoms with Crippen LogP contribution in [0.25, 0.3) is 17.1 Å². The molecule has 148 valence electrons.